The lowest BCUT2D eigenvalue weighted by atomic mass is 10.2. The highest BCUT2D eigenvalue weighted by Crippen LogP contribution is 2.40. The number of nitrogens with zero attached hydrogens (tertiary/aromatic N) is 3. The Morgan fingerprint density at radius 3 is 2.57 bits per heavy atom. The Labute approximate surface area is 122 Å². The normalized spacial score (nSPS) is 25.9. The first kappa shape index (κ1) is 14.1. The number of carbonyl (C=O) groups is 2. The van der Waals surface area contributed by atoms with E-state index in [1.807, 2.05) is 13.0 Å². The van der Waals surface area contributed by atoms with Crippen molar-refractivity contribution in [2.45, 2.75) is 19.9 Å². The predicted molar refractivity (Wildman–Crippen MR) is 72.3 cm³/mol. The van der Waals surface area contributed by atoms with Crippen LogP contribution >= 0.6 is 0 Å². The molecular formula is C14H19N3O4. The molecule has 1 saturated carbocycles. The topological polar surface area (TPSA) is 86.9 Å². The Hall–Kier alpha value is -1.89. The largest absolute Gasteiger partial charge is 0.481 e. The molecule has 114 valence electrons. The number of hydrogen-bond acceptors (Lipinski definition) is 5. The van der Waals surface area contributed by atoms with Crippen LogP contribution in [-0.4, -0.2) is 58.1 Å². The molecule has 2 heterocycles. The summed E-state index contributed by atoms with van der Waals surface area (Å²) in [6.45, 7) is 5.43. The van der Waals surface area contributed by atoms with Gasteiger partial charge in [-0.25, -0.2) is 0 Å². The van der Waals surface area contributed by atoms with Crippen molar-refractivity contribution >= 4 is 11.9 Å². The van der Waals surface area contributed by atoms with Gasteiger partial charge in [-0.05, 0) is 13.3 Å². The van der Waals surface area contributed by atoms with Crippen LogP contribution in [0.15, 0.2) is 10.6 Å². The Bertz CT molecular complexity index is 548. The van der Waals surface area contributed by atoms with E-state index in [-0.39, 0.29) is 11.8 Å². The molecule has 1 saturated heterocycles. The van der Waals surface area contributed by atoms with Crippen LogP contribution in [-0.2, 0) is 16.1 Å². The van der Waals surface area contributed by atoms with Gasteiger partial charge in [0.2, 0.25) is 5.91 Å². The minimum absolute atomic E-state index is 0.00226. The number of amides is 1. The van der Waals surface area contributed by atoms with Crippen LogP contribution in [0.1, 0.15) is 17.9 Å². The molecule has 0 spiro atoms. The minimum atomic E-state index is -0.854. The molecule has 1 N–H and O–H groups in total. The summed E-state index contributed by atoms with van der Waals surface area (Å²) in [5, 5.41) is 12.7. The molecule has 7 nitrogen and oxygen atoms in total. The zero-order valence-electron chi connectivity index (χ0n) is 12.0. The maximum atomic E-state index is 12.2. The number of piperazine rings is 1. The number of carbonyl (C=O) groups excluding carboxylic acids is 1. The summed E-state index contributed by atoms with van der Waals surface area (Å²) < 4.78 is 5.19. The highest BCUT2D eigenvalue weighted by Gasteiger charge is 2.49. The molecule has 2 fully saturated rings. The summed E-state index contributed by atoms with van der Waals surface area (Å²) in [5.74, 6) is -0.788. The Balaban J connectivity index is 1.47. The molecule has 0 bridgehead atoms. The van der Waals surface area contributed by atoms with Crippen LogP contribution in [0.5, 0.6) is 0 Å². The third-order valence-electron chi connectivity index (χ3n) is 4.17. The summed E-state index contributed by atoms with van der Waals surface area (Å²) in [7, 11) is 0. The fourth-order valence-corrected chi connectivity index (χ4v) is 2.81. The van der Waals surface area contributed by atoms with E-state index in [0.29, 0.717) is 26.1 Å². The molecule has 1 aromatic rings. The van der Waals surface area contributed by atoms with Crippen molar-refractivity contribution in [3.63, 3.8) is 0 Å². The second kappa shape index (κ2) is 5.48. The SMILES string of the molecule is Cc1cc(CN2CCN(C(=O)C3CC3C(=O)O)CC2)on1. The molecule has 2 atom stereocenters. The van der Waals surface area contributed by atoms with Crippen LogP contribution in [0.4, 0.5) is 0 Å². The van der Waals surface area contributed by atoms with Gasteiger partial charge in [-0.3, -0.25) is 14.5 Å². The quantitative estimate of drug-likeness (QED) is 0.862. The summed E-state index contributed by atoms with van der Waals surface area (Å²) in [6.07, 6.45) is 0.492. The summed E-state index contributed by atoms with van der Waals surface area (Å²) in [4.78, 5) is 27.0. The highest BCUT2D eigenvalue weighted by atomic mass is 16.5. The van der Waals surface area contributed by atoms with Gasteiger partial charge in [-0.2, -0.15) is 0 Å². The van der Waals surface area contributed by atoms with Crippen molar-refractivity contribution in [3.05, 3.63) is 17.5 Å². The predicted octanol–water partition coefficient (Wildman–Crippen LogP) is 0.348. The molecule has 1 aliphatic heterocycles. The first-order chi connectivity index (χ1) is 10.0. The first-order valence-electron chi connectivity index (χ1n) is 7.20. The van der Waals surface area contributed by atoms with Crippen LogP contribution < -0.4 is 0 Å². The number of rotatable bonds is 4. The summed E-state index contributed by atoms with van der Waals surface area (Å²) >= 11 is 0. The van der Waals surface area contributed by atoms with Gasteiger partial charge in [0.1, 0.15) is 0 Å². The first-order valence-corrected chi connectivity index (χ1v) is 7.20. The molecular weight excluding hydrogens is 274 g/mol. The smallest absolute Gasteiger partial charge is 0.307 e. The average Bonchev–Trinajstić information content (AvgIpc) is 3.17. The molecule has 3 rings (SSSR count). The van der Waals surface area contributed by atoms with E-state index in [1.54, 1.807) is 4.90 Å². The van der Waals surface area contributed by atoms with Crippen molar-refractivity contribution in [3.8, 4) is 0 Å². The minimum Gasteiger partial charge on any atom is -0.481 e. The second-order valence-electron chi connectivity index (χ2n) is 5.82. The van der Waals surface area contributed by atoms with Crippen molar-refractivity contribution in [1.29, 1.82) is 0 Å². The van der Waals surface area contributed by atoms with Crippen molar-refractivity contribution in [2.75, 3.05) is 26.2 Å². The molecule has 1 amide bonds. The summed E-state index contributed by atoms with van der Waals surface area (Å²) in [6, 6.07) is 1.92. The standard InChI is InChI=1S/C14H19N3O4/c1-9-6-10(21-15-9)8-16-2-4-17(5-3-16)13(18)11-7-12(11)14(19)20/h6,11-12H,2-5,7-8H2,1H3,(H,19,20). The fraction of sp³-hybridized carbons (Fsp3) is 0.643. The monoisotopic (exact) mass is 293 g/mol. The van der Waals surface area contributed by atoms with Gasteiger partial charge in [0.05, 0.1) is 24.1 Å². The lowest BCUT2D eigenvalue weighted by Gasteiger charge is -2.34. The Kier molecular flexibility index (Phi) is 3.67. The van der Waals surface area contributed by atoms with Crippen LogP contribution in [0.2, 0.25) is 0 Å². The Morgan fingerprint density at radius 1 is 1.33 bits per heavy atom. The maximum Gasteiger partial charge on any atom is 0.307 e. The number of carboxylic acid groups (broad SMARTS) is 1. The molecule has 7 heteroatoms. The zero-order valence-corrected chi connectivity index (χ0v) is 12.0. The Morgan fingerprint density at radius 2 is 2.05 bits per heavy atom. The maximum absolute atomic E-state index is 12.2. The van der Waals surface area contributed by atoms with E-state index < -0.39 is 11.9 Å². The van der Waals surface area contributed by atoms with Gasteiger partial charge < -0.3 is 14.5 Å². The van der Waals surface area contributed by atoms with E-state index in [9.17, 15) is 9.59 Å². The van der Waals surface area contributed by atoms with Gasteiger partial charge >= 0.3 is 5.97 Å². The number of carboxylic acids is 1. The number of aliphatic carboxylic acids is 1. The highest BCUT2D eigenvalue weighted by molar-refractivity contribution is 5.89. The van der Waals surface area contributed by atoms with Gasteiger partial charge in [0.15, 0.2) is 5.76 Å². The molecule has 1 aliphatic carbocycles. The van der Waals surface area contributed by atoms with Crippen LogP contribution in [0.3, 0.4) is 0 Å². The summed E-state index contributed by atoms with van der Waals surface area (Å²) in [5.41, 5.74) is 0.868. The number of hydrogen-bond donors (Lipinski definition) is 1. The van der Waals surface area contributed by atoms with Gasteiger partial charge in [0, 0.05) is 32.2 Å². The van der Waals surface area contributed by atoms with E-state index in [2.05, 4.69) is 10.1 Å². The molecule has 0 radical (unpaired) electrons. The van der Waals surface area contributed by atoms with Gasteiger partial charge in [-0.1, -0.05) is 5.16 Å². The van der Waals surface area contributed by atoms with Crippen LogP contribution in [0.25, 0.3) is 0 Å². The van der Waals surface area contributed by atoms with Crippen LogP contribution in [0, 0.1) is 18.8 Å². The van der Waals surface area contributed by atoms with Gasteiger partial charge in [-0.15, -0.1) is 0 Å². The molecule has 21 heavy (non-hydrogen) atoms. The zero-order chi connectivity index (χ0) is 15.0. The molecule has 2 aliphatic rings. The van der Waals surface area contributed by atoms with E-state index in [1.165, 1.54) is 0 Å². The second-order valence-corrected chi connectivity index (χ2v) is 5.82. The average molecular weight is 293 g/mol. The van der Waals surface area contributed by atoms with Crippen molar-refractivity contribution < 1.29 is 19.2 Å². The van der Waals surface area contributed by atoms with Crippen molar-refractivity contribution in [1.82, 2.24) is 15.0 Å². The molecule has 2 unspecified atom stereocenters. The lowest BCUT2D eigenvalue weighted by Crippen LogP contribution is -2.49. The molecule has 1 aromatic heterocycles. The third-order valence-corrected chi connectivity index (χ3v) is 4.17. The lowest BCUT2D eigenvalue weighted by molar-refractivity contribution is -0.142. The fourth-order valence-electron chi connectivity index (χ4n) is 2.81. The third kappa shape index (κ3) is 3.07. The number of aromatic nitrogens is 1. The van der Waals surface area contributed by atoms with Gasteiger partial charge in [0.25, 0.3) is 0 Å². The van der Waals surface area contributed by atoms with E-state index in [4.69, 9.17) is 9.63 Å². The van der Waals surface area contributed by atoms with E-state index in [0.717, 1.165) is 24.5 Å². The number of aryl methyl sites for hydroxylation is 1. The van der Waals surface area contributed by atoms with E-state index >= 15 is 0 Å². The van der Waals surface area contributed by atoms with Crippen molar-refractivity contribution in [2.24, 2.45) is 11.8 Å². The molecule has 0 aromatic carbocycles.